The van der Waals surface area contributed by atoms with Gasteiger partial charge in [-0.2, -0.15) is 0 Å². The van der Waals surface area contributed by atoms with E-state index in [0.717, 1.165) is 36.3 Å². The Hall–Kier alpha value is -2.96. The van der Waals surface area contributed by atoms with Crippen molar-refractivity contribution in [1.82, 2.24) is 9.88 Å². The maximum absolute atomic E-state index is 12.9. The van der Waals surface area contributed by atoms with Gasteiger partial charge in [0.25, 0.3) is 0 Å². The molecule has 1 fully saturated rings. The number of fused-ring (bicyclic) bond motifs is 1. The fourth-order valence-electron chi connectivity index (χ4n) is 3.58. The maximum Gasteiger partial charge on any atom is 0.322 e. The first-order valence-corrected chi connectivity index (χ1v) is 9.22. The molecule has 2 amide bonds. The lowest BCUT2D eigenvalue weighted by Gasteiger charge is -2.26. The van der Waals surface area contributed by atoms with E-state index in [2.05, 4.69) is 10.3 Å². The summed E-state index contributed by atoms with van der Waals surface area (Å²) in [6.45, 7) is 2.01. The van der Waals surface area contributed by atoms with E-state index < -0.39 is 0 Å². The number of pyridine rings is 1. The Labute approximate surface area is 158 Å². The molecule has 7 heteroatoms. The van der Waals surface area contributed by atoms with Crippen LogP contribution in [0.5, 0.6) is 17.4 Å². The summed E-state index contributed by atoms with van der Waals surface area (Å²) in [4.78, 5) is 18.9. The number of benzene rings is 1. The third kappa shape index (κ3) is 3.63. The van der Waals surface area contributed by atoms with Crippen LogP contribution in [0.2, 0.25) is 0 Å². The molecular weight excluding hydrogens is 346 g/mol. The van der Waals surface area contributed by atoms with Crippen LogP contribution in [0.4, 0.5) is 10.5 Å². The van der Waals surface area contributed by atoms with Gasteiger partial charge in [0, 0.05) is 19.2 Å². The molecule has 1 aromatic carbocycles. The fourth-order valence-corrected chi connectivity index (χ4v) is 3.58. The number of methoxy groups -OCH3 is 1. The van der Waals surface area contributed by atoms with Gasteiger partial charge in [-0.25, -0.2) is 9.78 Å². The van der Waals surface area contributed by atoms with Crippen LogP contribution in [0.1, 0.15) is 30.9 Å². The van der Waals surface area contributed by atoms with Crippen LogP contribution >= 0.6 is 0 Å². The first kappa shape index (κ1) is 17.5. The summed E-state index contributed by atoms with van der Waals surface area (Å²) in [7, 11) is 1.54. The summed E-state index contributed by atoms with van der Waals surface area (Å²) >= 11 is 0. The van der Waals surface area contributed by atoms with Crippen molar-refractivity contribution in [3.8, 4) is 17.4 Å². The van der Waals surface area contributed by atoms with Gasteiger partial charge in [-0.1, -0.05) is 6.07 Å². The van der Waals surface area contributed by atoms with Crippen molar-refractivity contribution in [2.24, 2.45) is 0 Å². The summed E-state index contributed by atoms with van der Waals surface area (Å²) in [6.07, 6.45) is 4.37. The van der Waals surface area contributed by atoms with Gasteiger partial charge in [0.1, 0.15) is 5.69 Å². The maximum atomic E-state index is 12.9. The molecule has 2 aromatic rings. The van der Waals surface area contributed by atoms with E-state index in [-0.39, 0.29) is 12.1 Å². The fraction of sp³-hybridized carbons (Fsp3) is 0.400. The monoisotopic (exact) mass is 369 g/mol. The molecule has 1 saturated heterocycles. The molecule has 2 aliphatic heterocycles. The lowest BCUT2D eigenvalue weighted by Crippen LogP contribution is -2.34. The van der Waals surface area contributed by atoms with Gasteiger partial charge in [0.2, 0.25) is 5.88 Å². The van der Waals surface area contributed by atoms with Crippen molar-refractivity contribution in [2.45, 2.75) is 25.3 Å². The average Bonchev–Trinajstić information content (AvgIpc) is 3.07. The Morgan fingerprint density at radius 3 is 2.93 bits per heavy atom. The first-order valence-electron chi connectivity index (χ1n) is 9.22. The van der Waals surface area contributed by atoms with Crippen molar-refractivity contribution >= 4 is 11.7 Å². The van der Waals surface area contributed by atoms with Crippen LogP contribution in [0.3, 0.4) is 0 Å². The zero-order valence-electron chi connectivity index (χ0n) is 15.3. The van der Waals surface area contributed by atoms with E-state index in [9.17, 15) is 4.79 Å². The predicted octanol–water partition coefficient (Wildman–Crippen LogP) is 3.62. The normalized spacial score (nSPS) is 18.7. The molecule has 0 saturated carbocycles. The zero-order valence-corrected chi connectivity index (χ0v) is 15.3. The highest BCUT2D eigenvalue weighted by molar-refractivity contribution is 5.91. The van der Waals surface area contributed by atoms with Crippen molar-refractivity contribution in [2.75, 3.05) is 32.2 Å². The number of likely N-dealkylation sites (tertiary alicyclic amines) is 1. The molecular formula is C20H23N3O4. The molecule has 0 spiro atoms. The number of hydrogen-bond acceptors (Lipinski definition) is 5. The quantitative estimate of drug-likeness (QED) is 0.895. The Bertz CT molecular complexity index is 827. The Kier molecular flexibility index (Phi) is 5.00. The Morgan fingerprint density at radius 1 is 1.22 bits per heavy atom. The van der Waals surface area contributed by atoms with E-state index in [0.29, 0.717) is 31.3 Å². The summed E-state index contributed by atoms with van der Waals surface area (Å²) in [5.74, 6) is 1.92. The molecule has 0 radical (unpaired) electrons. The number of ether oxygens (including phenoxy) is 3. The molecule has 142 valence electrons. The number of urea groups is 1. The van der Waals surface area contributed by atoms with E-state index in [1.54, 1.807) is 18.3 Å². The molecule has 0 aliphatic carbocycles. The van der Waals surface area contributed by atoms with Gasteiger partial charge < -0.3 is 24.4 Å². The minimum absolute atomic E-state index is 0.00446. The van der Waals surface area contributed by atoms with Crippen LogP contribution in [0.15, 0.2) is 36.5 Å². The minimum Gasteiger partial charge on any atom is -0.490 e. The summed E-state index contributed by atoms with van der Waals surface area (Å²) in [5, 5.41) is 2.92. The molecule has 4 rings (SSSR count). The highest BCUT2D eigenvalue weighted by Gasteiger charge is 2.31. The molecule has 27 heavy (non-hydrogen) atoms. The van der Waals surface area contributed by atoms with Crippen LogP contribution < -0.4 is 19.5 Å². The van der Waals surface area contributed by atoms with Crippen molar-refractivity contribution in [3.63, 3.8) is 0 Å². The van der Waals surface area contributed by atoms with Gasteiger partial charge in [-0.3, -0.25) is 0 Å². The average molecular weight is 369 g/mol. The summed E-state index contributed by atoms with van der Waals surface area (Å²) < 4.78 is 16.7. The highest BCUT2D eigenvalue weighted by atomic mass is 16.5. The van der Waals surface area contributed by atoms with Crippen LogP contribution in [-0.2, 0) is 0 Å². The van der Waals surface area contributed by atoms with Gasteiger partial charge in [0.15, 0.2) is 11.5 Å². The van der Waals surface area contributed by atoms with E-state index in [1.807, 2.05) is 23.1 Å². The number of anilines is 1. The van der Waals surface area contributed by atoms with Crippen molar-refractivity contribution in [1.29, 1.82) is 0 Å². The van der Waals surface area contributed by atoms with Crippen LogP contribution in [0, 0.1) is 0 Å². The third-order valence-electron chi connectivity index (χ3n) is 4.88. The summed E-state index contributed by atoms with van der Waals surface area (Å²) in [5.41, 5.74) is 1.62. The molecule has 1 aromatic heterocycles. The molecule has 7 nitrogen and oxygen atoms in total. The number of aromatic nitrogens is 1. The lowest BCUT2D eigenvalue weighted by atomic mass is 10.0. The number of nitrogens with zero attached hydrogens (tertiary/aromatic N) is 2. The molecule has 0 bridgehead atoms. The van der Waals surface area contributed by atoms with E-state index >= 15 is 0 Å². The predicted molar refractivity (Wildman–Crippen MR) is 101 cm³/mol. The standard InChI is InChI=1S/C20H23N3O4/c1-25-19-15(5-2-9-21-19)22-20(24)23-10-3-6-16(23)14-7-8-17-18(13-14)27-12-4-11-26-17/h2,5,7-9,13,16H,3-4,6,10-12H2,1H3,(H,22,24). The smallest absolute Gasteiger partial charge is 0.322 e. The lowest BCUT2D eigenvalue weighted by molar-refractivity contribution is 0.206. The second-order valence-corrected chi connectivity index (χ2v) is 6.60. The molecule has 1 unspecified atom stereocenters. The van der Waals surface area contributed by atoms with Crippen molar-refractivity contribution in [3.05, 3.63) is 42.1 Å². The Morgan fingerprint density at radius 2 is 2.07 bits per heavy atom. The summed E-state index contributed by atoms with van der Waals surface area (Å²) in [6, 6.07) is 9.36. The van der Waals surface area contributed by atoms with Gasteiger partial charge in [0.05, 0.1) is 26.4 Å². The number of carbonyl (C=O) groups is 1. The number of nitrogens with one attached hydrogen (secondary N) is 1. The van der Waals surface area contributed by atoms with Crippen molar-refractivity contribution < 1.29 is 19.0 Å². The van der Waals surface area contributed by atoms with Gasteiger partial charge in [-0.05, 0) is 42.7 Å². The number of rotatable bonds is 3. The number of carbonyl (C=O) groups excluding carboxylic acids is 1. The zero-order chi connectivity index (χ0) is 18.6. The number of amides is 2. The first-order chi connectivity index (χ1) is 13.3. The Balaban J connectivity index is 1.53. The molecule has 1 N–H and O–H groups in total. The molecule has 1 atom stereocenters. The second-order valence-electron chi connectivity index (χ2n) is 6.60. The minimum atomic E-state index is -0.157. The van der Waals surface area contributed by atoms with E-state index in [1.165, 1.54) is 7.11 Å². The molecule has 2 aliphatic rings. The van der Waals surface area contributed by atoms with E-state index in [4.69, 9.17) is 14.2 Å². The topological polar surface area (TPSA) is 72.9 Å². The van der Waals surface area contributed by atoms with Gasteiger partial charge in [-0.15, -0.1) is 0 Å². The second kappa shape index (κ2) is 7.73. The third-order valence-corrected chi connectivity index (χ3v) is 4.88. The highest BCUT2D eigenvalue weighted by Crippen LogP contribution is 2.38. The molecule has 3 heterocycles. The largest absolute Gasteiger partial charge is 0.490 e. The SMILES string of the molecule is COc1ncccc1NC(=O)N1CCCC1c1ccc2c(c1)OCCCO2. The van der Waals surface area contributed by atoms with Gasteiger partial charge >= 0.3 is 6.03 Å². The van der Waals surface area contributed by atoms with Crippen LogP contribution in [-0.4, -0.2) is 42.8 Å². The van der Waals surface area contributed by atoms with Crippen LogP contribution in [0.25, 0.3) is 0 Å². The number of hydrogen-bond donors (Lipinski definition) is 1.